The van der Waals surface area contributed by atoms with Gasteiger partial charge in [0.1, 0.15) is 5.70 Å². The highest BCUT2D eigenvalue weighted by Crippen LogP contribution is 2.37. The number of rotatable bonds is 9. The van der Waals surface area contributed by atoms with Crippen LogP contribution in [0.3, 0.4) is 0 Å². The Morgan fingerprint density at radius 2 is 1.58 bits per heavy atom. The Labute approximate surface area is 253 Å². The van der Waals surface area contributed by atoms with Crippen LogP contribution in [-0.4, -0.2) is 28.3 Å². The van der Waals surface area contributed by atoms with Crippen LogP contribution in [0.4, 0.5) is 5.69 Å². The number of pyridine rings is 1. The molecule has 0 fully saturated rings. The third-order valence-electron chi connectivity index (χ3n) is 7.10. The largest absolute Gasteiger partial charge is 0.321 e. The molecule has 0 atom stereocenters. The van der Waals surface area contributed by atoms with E-state index >= 15 is 0 Å². The van der Waals surface area contributed by atoms with Gasteiger partial charge in [0.25, 0.3) is 11.8 Å². The first kappa shape index (κ1) is 27.9. The van der Waals surface area contributed by atoms with Crippen molar-refractivity contribution in [2.24, 2.45) is 0 Å². The zero-order valence-electron chi connectivity index (χ0n) is 23.1. The number of nitrogens with one attached hydrogen (secondary N) is 2. The van der Waals surface area contributed by atoms with E-state index in [1.165, 1.54) is 34.0 Å². The van der Waals surface area contributed by atoms with Crippen molar-refractivity contribution in [3.8, 4) is 11.1 Å². The van der Waals surface area contributed by atoms with Crippen LogP contribution in [-0.2, 0) is 11.2 Å². The highest BCUT2D eigenvalue weighted by molar-refractivity contribution is 8.00. The van der Waals surface area contributed by atoms with Gasteiger partial charge in [-0.25, -0.2) is 0 Å². The van der Waals surface area contributed by atoms with E-state index in [0.717, 1.165) is 11.3 Å². The average Bonchev–Trinajstić information content (AvgIpc) is 3.42. The van der Waals surface area contributed by atoms with Gasteiger partial charge in [-0.15, -0.1) is 11.8 Å². The van der Waals surface area contributed by atoms with Gasteiger partial charge in [0.2, 0.25) is 0 Å². The second-order valence-electron chi connectivity index (χ2n) is 10.1. The predicted molar refractivity (Wildman–Crippen MR) is 171 cm³/mol. The molecular formula is C36H27N3O3S. The Bertz CT molecular complexity index is 1850. The number of thioether (sulfide) groups is 1. The number of anilines is 1. The molecular weight excluding hydrogens is 554 g/mol. The number of hydrogen-bond donors (Lipinski definition) is 2. The molecule has 210 valence electrons. The number of Topliss-reactive ketones (excluding diaryl/α,β-unsaturated/α-hetero) is 1. The van der Waals surface area contributed by atoms with Crippen molar-refractivity contribution in [1.29, 1.82) is 0 Å². The van der Waals surface area contributed by atoms with Gasteiger partial charge in [0, 0.05) is 34.1 Å². The Morgan fingerprint density at radius 1 is 0.767 bits per heavy atom. The average molecular weight is 582 g/mol. The molecule has 0 spiro atoms. The van der Waals surface area contributed by atoms with Crippen molar-refractivity contribution in [3.05, 3.63) is 155 Å². The summed E-state index contributed by atoms with van der Waals surface area (Å²) in [6, 6.07) is 33.8. The van der Waals surface area contributed by atoms with Crippen LogP contribution in [0.25, 0.3) is 17.2 Å². The number of ketones is 1. The minimum absolute atomic E-state index is 0.0449. The molecule has 1 aliphatic carbocycles. The quantitative estimate of drug-likeness (QED) is 0.109. The van der Waals surface area contributed by atoms with Crippen molar-refractivity contribution in [3.63, 3.8) is 0 Å². The van der Waals surface area contributed by atoms with E-state index < -0.39 is 11.8 Å². The van der Waals surface area contributed by atoms with E-state index in [0.29, 0.717) is 22.4 Å². The summed E-state index contributed by atoms with van der Waals surface area (Å²) in [6.45, 7) is 0. The molecule has 0 radical (unpaired) electrons. The van der Waals surface area contributed by atoms with Gasteiger partial charge >= 0.3 is 0 Å². The summed E-state index contributed by atoms with van der Waals surface area (Å²) >= 11 is 1.41. The van der Waals surface area contributed by atoms with Gasteiger partial charge in [-0.2, -0.15) is 0 Å². The fraction of sp³-hybridized carbons (Fsp3) is 0.0556. The monoisotopic (exact) mass is 581 g/mol. The number of amides is 2. The molecule has 4 aromatic carbocycles. The van der Waals surface area contributed by atoms with Gasteiger partial charge < -0.3 is 10.6 Å². The second kappa shape index (κ2) is 12.7. The topological polar surface area (TPSA) is 88.2 Å². The molecule has 0 aliphatic heterocycles. The molecule has 0 saturated heterocycles. The minimum atomic E-state index is -0.481. The highest BCUT2D eigenvalue weighted by atomic mass is 32.2. The van der Waals surface area contributed by atoms with Crippen LogP contribution in [0, 0.1) is 0 Å². The van der Waals surface area contributed by atoms with E-state index in [4.69, 9.17) is 0 Å². The van der Waals surface area contributed by atoms with E-state index in [-0.39, 0.29) is 17.2 Å². The summed E-state index contributed by atoms with van der Waals surface area (Å²) in [4.78, 5) is 44.2. The lowest BCUT2D eigenvalue weighted by molar-refractivity contribution is -0.113. The molecule has 7 heteroatoms. The minimum Gasteiger partial charge on any atom is -0.321 e. The fourth-order valence-corrected chi connectivity index (χ4v) is 5.83. The third kappa shape index (κ3) is 6.63. The number of fused-ring (bicyclic) bond motifs is 3. The number of nitrogens with zero attached hydrogens (tertiary/aromatic N) is 1. The lowest BCUT2D eigenvalue weighted by atomic mass is 10.0. The van der Waals surface area contributed by atoms with Gasteiger partial charge in [-0.1, -0.05) is 66.7 Å². The van der Waals surface area contributed by atoms with Crippen LogP contribution in [0.1, 0.15) is 37.4 Å². The summed E-state index contributed by atoms with van der Waals surface area (Å²) in [7, 11) is 0. The Kier molecular flexibility index (Phi) is 8.24. The molecule has 6 nitrogen and oxygen atoms in total. The van der Waals surface area contributed by atoms with Crippen LogP contribution in [0.5, 0.6) is 0 Å². The predicted octanol–water partition coefficient (Wildman–Crippen LogP) is 7.04. The summed E-state index contributed by atoms with van der Waals surface area (Å²) < 4.78 is 0. The molecule has 0 bridgehead atoms. The number of benzene rings is 4. The Hall–Kier alpha value is -5.27. The summed E-state index contributed by atoms with van der Waals surface area (Å²) in [6.07, 6.45) is 5.66. The molecule has 0 unspecified atom stereocenters. The van der Waals surface area contributed by atoms with Gasteiger partial charge in [-0.05, 0) is 82.8 Å². The first-order chi connectivity index (χ1) is 21.0. The van der Waals surface area contributed by atoms with E-state index in [9.17, 15) is 14.4 Å². The maximum absolute atomic E-state index is 13.3. The van der Waals surface area contributed by atoms with Crippen molar-refractivity contribution < 1.29 is 14.4 Å². The highest BCUT2D eigenvalue weighted by Gasteiger charge is 2.20. The van der Waals surface area contributed by atoms with Crippen LogP contribution >= 0.6 is 11.8 Å². The smallest absolute Gasteiger partial charge is 0.272 e. The Morgan fingerprint density at radius 3 is 2.42 bits per heavy atom. The van der Waals surface area contributed by atoms with Gasteiger partial charge in [-0.3, -0.25) is 19.4 Å². The van der Waals surface area contributed by atoms with Crippen molar-refractivity contribution in [2.75, 3.05) is 11.1 Å². The maximum atomic E-state index is 13.3. The first-order valence-electron chi connectivity index (χ1n) is 13.8. The third-order valence-corrected chi connectivity index (χ3v) is 8.10. The number of hydrogen-bond acceptors (Lipinski definition) is 5. The molecule has 1 aromatic heterocycles. The fourth-order valence-electron chi connectivity index (χ4n) is 4.98. The van der Waals surface area contributed by atoms with Crippen molar-refractivity contribution in [1.82, 2.24) is 10.3 Å². The number of aromatic nitrogens is 1. The summed E-state index contributed by atoms with van der Waals surface area (Å²) in [5.74, 6) is -0.569. The second-order valence-corrected chi connectivity index (χ2v) is 11.1. The molecule has 2 N–H and O–H groups in total. The molecule has 2 amide bonds. The summed E-state index contributed by atoms with van der Waals surface area (Å²) in [5.41, 5.74) is 7.32. The Balaban J connectivity index is 1.13. The standard InChI is InChI=1S/C36H27N3O3S/c40-34(27-15-16-32-28(20-27)19-26-11-4-5-14-31(26)32)23-43-30-13-6-12-29(21-30)38-36(42)33(18-24-8-7-17-37-22-24)39-35(41)25-9-2-1-3-10-25/h1-18,20-22H,19,23H2,(H,38,42)(H,39,41)/b33-18-. The van der Waals surface area contributed by atoms with Crippen LogP contribution in [0.15, 0.2) is 132 Å². The lowest BCUT2D eigenvalue weighted by Gasteiger charge is -2.12. The maximum Gasteiger partial charge on any atom is 0.272 e. The molecule has 0 saturated carbocycles. The van der Waals surface area contributed by atoms with Crippen molar-refractivity contribution >= 4 is 41.1 Å². The zero-order chi connectivity index (χ0) is 29.6. The zero-order valence-corrected chi connectivity index (χ0v) is 23.9. The molecule has 5 aromatic rings. The molecule has 1 aliphatic rings. The molecule has 43 heavy (non-hydrogen) atoms. The lowest BCUT2D eigenvalue weighted by Crippen LogP contribution is -2.30. The normalized spacial score (nSPS) is 11.8. The van der Waals surface area contributed by atoms with Gasteiger partial charge in [0.05, 0.1) is 5.75 Å². The van der Waals surface area contributed by atoms with E-state index in [1.807, 2.05) is 54.6 Å². The molecule has 1 heterocycles. The number of carbonyl (C=O) groups is 3. The van der Waals surface area contributed by atoms with Crippen LogP contribution < -0.4 is 10.6 Å². The summed E-state index contributed by atoms with van der Waals surface area (Å²) in [5, 5.41) is 5.61. The number of carbonyl (C=O) groups excluding carboxylic acids is 3. The van der Waals surface area contributed by atoms with Crippen molar-refractivity contribution in [2.45, 2.75) is 11.3 Å². The molecule has 6 rings (SSSR count). The first-order valence-corrected chi connectivity index (χ1v) is 14.8. The SMILES string of the molecule is O=C(Nc1cccc(SCC(=O)c2ccc3c(c2)Cc2ccccc2-3)c1)/C(=C/c1cccnc1)NC(=O)c1ccccc1. The van der Waals surface area contributed by atoms with E-state index in [2.05, 4.69) is 27.8 Å². The van der Waals surface area contributed by atoms with Gasteiger partial charge in [0.15, 0.2) is 5.78 Å². The van der Waals surface area contributed by atoms with Crippen LogP contribution in [0.2, 0.25) is 0 Å². The van der Waals surface area contributed by atoms with E-state index in [1.54, 1.807) is 60.9 Å².